The van der Waals surface area contributed by atoms with Crippen molar-refractivity contribution in [3.63, 3.8) is 0 Å². The van der Waals surface area contributed by atoms with Crippen LogP contribution in [0.15, 0.2) is 0 Å². The van der Waals surface area contributed by atoms with Gasteiger partial charge in [-0.25, -0.2) is 0 Å². The van der Waals surface area contributed by atoms with E-state index in [0.29, 0.717) is 23.8 Å². The van der Waals surface area contributed by atoms with Crippen molar-refractivity contribution in [2.24, 2.45) is 17.8 Å². The fourth-order valence-corrected chi connectivity index (χ4v) is 3.23. The summed E-state index contributed by atoms with van der Waals surface area (Å²) in [6.45, 7) is 4.52. The molecule has 0 radical (unpaired) electrons. The fourth-order valence-electron chi connectivity index (χ4n) is 3.23. The van der Waals surface area contributed by atoms with Crippen molar-refractivity contribution in [2.45, 2.75) is 64.5 Å². The Morgan fingerprint density at radius 2 is 1.82 bits per heavy atom. The first-order chi connectivity index (χ1) is 8.09. The SMILES string of the molecule is CC(C)C1CCCCC1NC(C(=O)O)C1CC1. The summed E-state index contributed by atoms with van der Waals surface area (Å²) in [5, 5.41) is 12.7. The zero-order valence-electron chi connectivity index (χ0n) is 11.0. The Kier molecular flexibility index (Phi) is 4.08. The molecule has 2 aliphatic carbocycles. The van der Waals surface area contributed by atoms with Gasteiger partial charge in [-0.15, -0.1) is 0 Å². The molecule has 0 aromatic heterocycles. The Hall–Kier alpha value is -0.570. The highest BCUT2D eigenvalue weighted by Crippen LogP contribution is 2.36. The van der Waals surface area contributed by atoms with Crippen molar-refractivity contribution in [1.82, 2.24) is 5.32 Å². The van der Waals surface area contributed by atoms with Crippen molar-refractivity contribution in [2.75, 3.05) is 0 Å². The van der Waals surface area contributed by atoms with Crippen LogP contribution < -0.4 is 5.32 Å². The van der Waals surface area contributed by atoms with Gasteiger partial charge in [-0.05, 0) is 43.4 Å². The van der Waals surface area contributed by atoms with E-state index in [1.54, 1.807) is 0 Å². The molecule has 17 heavy (non-hydrogen) atoms. The van der Waals surface area contributed by atoms with Crippen LogP contribution in [0.5, 0.6) is 0 Å². The van der Waals surface area contributed by atoms with Crippen LogP contribution in [0.4, 0.5) is 0 Å². The number of hydrogen-bond donors (Lipinski definition) is 2. The number of nitrogens with one attached hydrogen (secondary N) is 1. The molecule has 2 rings (SSSR count). The van der Waals surface area contributed by atoms with Gasteiger partial charge < -0.3 is 10.4 Å². The summed E-state index contributed by atoms with van der Waals surface area (Å²) < 4.78 is 0. The quantitative estimate of drug-likeness (QED) is 0.775. The molecule has 0 saturated heterocycles. The molecule has 3 unspecified atom stereocenters. The summed E-state index contributed by atoms with van der Waals surface area (Å²) in [6.07, 6.45) is 7.14. The topological polar surface area (TPSA) is 49.3 Å². The number of aliphatic carboxylic acids is 1. The third kappa shape index (κ3) is 3.21. The minimum Gasteiger partial charge on any atom is -0.480 e. The highest BCUT2D eigenvalue weighted by atomic mass is 16.4. The molecule has 3 atom stereocenters. The van der Waals surface area contributed by atoms with Crippen LogP contribution >= 0.6 is 0 Å². The molecular formula is C14H25NO2. The van der Waals surface area contributed by atoms with Crippen molar-refractivity contribution in [3.8, 4) is 0 Å². The van der Waals surface area contributed by atoms with E-state index in [1.165, 1.54) is 19.3 Å². The van der Waals surface area contributed by atoms with Gasteiger partial charge >= 0.3 is 5.97 Å². The Morgan fingerprint density at radius 3 is 2.35 bits per heavy atom. The molecule has 0 aliphatic heterocycles. The van der Waals surface area contributed by atoms with Crippen LogP contribution in [0.2, 0.25) is 0 Å². The molecule has 3 nitrogen and oxygen atoms in total. The van der Waals surface area contributed by atoms with Gasteiger partial charge in [-0.2, -0.15) is 0 Å². The van der Waals surface area contributed by atoms with E-state index in [1.807, 2.05) is 0 Å². The summed E-state index contributed by atoms with van der Waals surface area (Å²) in [5.41, 5.74) is 0. The van der Waals surface area contributed by atoms with E-state index >= 15 is 0 Å². The standard InChI is InChI=1S/C14H25NO2/c1-9(2)11-5-3-4-6-12(11)15-13(14(16)17)10-7-8-10/h9-13,15H,3-8H2,1-2H3,(H,16,17). The lowest BCUT2D eigenvalue weighted by atomic mass is 9.77. The van der Waals surface area contributed by atoms with Gasteiger partial charge in [0.2, 0.25) is 0 Å². The van der Waals surface area contributed by atoms with Crippen molar-refractivity contribution < 1.29 is 9.90 Å². The molecular weight excluding hydrogens is 214 g/mol. The molecule has 0 aromatic carbocycles. The van der Waals surface area contributed by atoms with Gasteiger partial charge in [0, 0.05) is 6.04 Å². The average molecular weight is 239 g/mol. The average Bonchev–Trinajstić information content (AvgIpc) is 3.09. The molecule has 0 amide bonds. The predicted octanol–water partition coefficient (Wildman–Crippen LogP) is 2.65. The van der Waals surface area contributed by atoms with Crippen LogP contribution in [0, 0.1) is 17.8 Å². The number of carboxylic acids is 1. The molecule has 2 saturated carbocycles. The van der Waals surface area contributed by atoms with E-state index in [0.717, 1.165) is 19.3 Å². The van der Waals surface area contributed by atoms with Crippen LogP contribution in [0.1, 0.15) is 52.4 Å². The molecule has 2 aliphatic rings. The zero-order chi connectivity index (χ0) is 12.4. The van der Waals surface area contributed by atoms with Crippen LogP contribution in [0.25, 0.3) is 0 Å². The summed E-state index contributed by atoms with van der Waals surface area (Å²) >= 11 is 0. The monoisotopic (exact) mass is 239 g/mol. The maximum Gasteiger partial charge on any atom is 0.320 e. The summed E-state index contributed by atoms with van der Waals surface area (Å²) in [6, 6.07) is 0.129. The smallest absolute Gasteiger partial charge is 0.320 e. The van der Waals surface area contributed by atoms with Gasteiger partial charge in [0.1, 0.15) is 6.04 Å². The van der Waals surface area contributed by atoms with E-state index in [4.69, 9.17) is 0 Å². The first-order valence-corrected chi connectivity index (χ1v) is 7.08. The maximum atomic E-state index is 11.3. The molecule has 2 fully saturated rings. The fraction of sp³-hybridized carbons (Fsp3) is 0.929. The highest BCUT2D eigenvalue weighted by molar-refractivity contribution is 5.74. The second kappa shape index (κ2) is 5.38. The zero-order valence-corrected chi connectivity index (χ0v) is 11.0. The van der Waals surface area contributed by atoms with Crippen LogP contribution in [0.3, 0.4) is 0 Å². The number of carboxylic acid groups (broad SMARTS) is 1. The number of hydrogen-bond acceptors (Lipinski definition) is 2. The molecule has 0 bridgehead atoms. The van der Waals surface area contributed by atoms with Gasteiger partial charge in [-0.3, -0.25) is 4.79 Å². The predicted molar refractivity (Wildman–Crippen MR) is 67.9 cm³/mol. The number of rotatable bonds is 5. The van der Waals surface area contributed by atoms with E-state index < -0.39 is 5.97 Å². The Bertz CT molecular complexity index is 273. The Morgan fingerprint density at radius 1 is 1.18 bits per heavy atom. The van der Waals surface area contributed by atoms with Gasteiger partial charge in [0.15, 0.2) is 0 Å². The molecule has 0 aromatic rings. The maximum absolute atomic E-state index is 11.3. The summed E-state index contributed by atoms with van der Waals surface area (Å²) in [5.74, 6) is 1.05. The lowest BCUT2D eigenvalue weighted by Crippen LogP contribution is -2.50. The lowest BCUT2D eigenvalue weighted by Gasteiger charge is -2.36. The molecule has 3 heteroatoms. The third-order valence-corrected chi connectivity index (χ3v) is 4.43. The molecule has 98 valence electrons. The minimum absolute atomic E-state index is 0.292. The van der Waals surface area contributed by atoms with Gasteiger partial charge in [0.25, 0.3) is 0 Å². The van der Waals surface area contributed by atoms with Gasteiger partial charge in [-0.1, -0.05) is 26.7 Å². The second-order valence-corrected chi connectivity index (χ2v) is 6.12. The minimum atomic E-state index is -0.652. The van der Waals surface area contributed by atoms with Crippen molar-refractivity contribution >= 4 is 5.97 Å². The first kappa shape index (κ1) is 12.9. The lowest BCUT2D eigenvalue weighted by molar-refractivity contribution is -0.140. The van der Waals surface area contributed by atoms with E-state index in [2.05, 4.69) is 19.2 Å². The van der Waals surface area contributed by atoms with Crippen molar-refractivity contribution in [1.29, 1.82) is 0 Å². The Labute approximate surface area is 104 Å². The largest absolute Gasteiger partial charge is 0.480 e. The summed E-state index contributed by atoms with van der Waals surface area (Å²) in [7, 11) is 0. The molecule has 0 heterocycles. The van der Waals surface area contributed by atoms with E-state index in [-0.39, 0.29) is 6.04 Å². The number of carbonyl (C=O) groups is 1. The Balaban J connectivity index is 1.96. The third-order valence-electron chi connectivity index (χ3n) is 4.43. The first-order valence-electron chi connectivity index (χ1n) is 7.08. The summed E-state index contributed by atoms with van der Waals surface area (Å²) in [4.78, 5) is 11.3. The molecule has 2 N–H and O–H groups in total. The van der Waals surface area contributed by atoms with E-state index in [9.17, 15) is 9.90 Å². The normalized spacial score (nSPS) is 31.5. The van der Waals surface area contributed by atoms with Crippen LogP contribution in [-0.4, -0.2) is 23.2 Å². The second-order valence-electron chi connectivity index (χ2n) is 6.12. The molecule has 0 spiro atoms. The van der Waals surface area contributed by atoms with Crippen LogP contribution in [-0.2, 0) is 4.79 Å². The van der Waals surface area contributed by atoms with Gasteiger partial charge in [0.05, 0.1) is 0 Å². The highest BCUT2D eigenvalue weighted by Gasteiger charge is 2.39. The van der Waals surface area contributed by atoms with Crippen molar-refractivity contribution in [3.05, 3.63) is 0 Å².